The fraction of sp³-hybridized carbons (Fsp3) is 0.318. The summed E-state index contributed by atoms with van der Waals surface area (Å²) in [5.41, 5.74) is 1.57. The molecule has 3 aromatic rings. The van der Waals surface area contributed by atoms with Crippen LogP contribution in [0.4, 0.5) is 8.78 Å². The summed E-state index contributed by atoms with van der Waals surface area (Å²) in [5.74, 6) is -0.161. The number of fused-ring (bicyclic) bond motifs is 1. The predicted octanol–water partition coefficient (Wildman–Crippen LogP) is 1.81. The zero-order chi connectivity index (χ0) is 22.1. The van der Waals surface area contributed by atoms with Crippen LogP contribution in [0.15, 0.2) is 48.5 Å². The molecule has 1 aromatic carbocycles. The van der Waals surface area contributed by atoms with Crippen LogP contribution in [0, 0.1) is 17.6 Å². The highest BCUT2D eigenvalue weighted by Gasteiger charge is 2.37. The molecular formula is C22H22F2N6O2. The van der Waals surface area contributed by atoms with Gasteiger partial charge in [-0.25, -0.2) is 13.8 Å². The van der Waals surface area contributed by atoms with E-state index in [2.05, 4.69) is 30.5 Å². The van der Waals surface area contributed by atoms with Gasteiger partial charge in [0.15, 0.2) is 12.0 Å². The molecule has 1 fully saturated rings. The first-order chi connectivity index (χ1) is 15.6. The minimum Gasteiger partial charge on any atom is -0.476 e. The number of H-pyrrole nitrogens is 1. The molecule has 1 unspecified atom stereocenters. The van der Waals surface area contributed by atoms with Gasteiger partial charge in [-0.3, -0.25) is 9.78 Å². The highest BCUT2D eigenvalue weighted by Crippen LogP contribution is 2.24. The molecule has 0 spiro atoms. The number of rotatable bonds is 7. The molecule has 4 heterocycles. The van der Waals surface area contributed by atoms with Crippen molar-refractivity contribution in [3.05, 3.63) is 71.6 Å². The number of hydrogen-bond acceptors (Lipinski definition) is 6. The second-order valence-corrected chi connectivity index (χ2v) is 7.94. The Morgan fingerprint density at radius 1 is 1.22 bits per heavy atom. The first-order valence-electron chi connectivity index (χ1n) is 10.4. The van der Waals surface area contributed by atoms with Crippen molar-refractivity contribution in [1.82, 2.24) is 30.5 Å². The Bertz CT molecular complexity index is 1170. The van der Waals surface area contributed by atoms with E-state index in [1.807, 2.05) is 6.07 Å². The molecule has 0 aliphatic carbocycles. The Balaban J connectivity index is 1.05. The van der Waals surface area contributed by atoms with Gasteiger partial charge in [-0.15, -0.1) is 0 Å². The maximum Gasteiger partial charge on any atom is 0.270 e. The third kappa shape index (κ3) is 4.13. The Labute approximate surface area is 182 Å². The van der Waals surface area contributed by atoms with Crippen molar-refractivity contribution in [1.29, 1.82) is 0 Å². The third-order valence-corrected chi connectivity index (χ3v) is 5.72. The molecular weight excluding hydrogens is 418 g/mol. The number of aromatic nitrogens is 3. The van der Waals surface area contributed by atoms with Gasteiger partial charge in [0.05, 0.1) is 17.8 Å². The normalized spacial score (nSPS) is 18.7. The second kappa shape index (κ2) is 8.54. The van der Waals surface area contributed by atoms with Crippen LogP contribution in [0.3, 0.4) is 0 Å². The summed E-state index contributed by atoms with van der Waals surface area (Å²) < 4.78 is 33.0. The van der Waals surface area contributed by atoms with Crippen LogP contribution in [0.1, 0.15) is 11.5 Å². The molecule has 166 valence electrons. The van der Waals surface area contributed by atoms with E-state index in [1.54, 1.807) is 6.07 Å². The van der Waals surface area contributed by atoms with Crippen molar-refractivity contribution in [2.24, 2.45) is 5.92 Å². The summed E-state index contributed by atoms with van der Waals surface area (Å²) in [6, 6.07) is 7.67. The van der Waals surface area contributed by atoms with Gasteiger partial charge in [-0.05, 0) is 24.3 Å². The second-order valence-electron chi connectivity index (χ2n) is 7.94. The summed E-state index contributed by atoms with van der Waals surface area (Å²) in [4.78, 5) is 26.0. The van der Waals surface area contributed by atoms with Gasteiger partial charge in [-0.2, -0.15) is 0 Å². The lowest BCUT2D eigenvalue weighted by atomic mass is 9.98. The van der Waals surface area contributed by atoms with Crippen LogP contribution in [0.5, 0.6) is 0 Å². The molecule has 0 saturated carbocycles. The third-order valence-electron chi connectivity index (χ3n) is 5.72. The van der Waals surface area contributed by atoms with Crippen LogP contribution in [-0.2, 0) is 22.5 Å². The van der Waals surface area contributed by atoms with Gasteiger partial charge < -0.3 is 25.3 Å². The van der Waals surface area contributed by atoms with Crippen LogP contribution in [0.25, 0.3) is 11.0 Å². The summed E-state index contributed by atoms with van der Waals surface area (Å²) in [7, 11) is 0. The molecule has 2 aliphatic heterocycles. The van der Waals surface area contributed by atoms with Gasteiger partial charge in [0.2, 0.25) is 0 Å². The first-order valence-corrected chi connectivity index (χ1v) is 10.4. The van der Waals surface area contributed by atoms with E-state index in [0.717, 1.165) is 25.5 Å². The van der Waals surface area contributed by atoms with Crippen molar-refractivity contribution in [3.63, 3.8) is 0 Å². The smallest absolute Gasteiger partial charge is 0.270 e. The molecule has 32 heavy (non-hydrogen) atoms. The van der Waals surface area contributed by atoms with Gasteiger partial charge in [-0.1, -0.05) is 6.07 Å². The number of nitrogens with zero attached hydrogens (tertiary/aromatic N) is 3. The van der Waals surface area contributed by atoms with E-state index >= 15 is 0 Å². The van der Waals surface area contributed by atoms with E-state index in [1.165, 1.54) is 30.7 Å². The number of imidazole rings is 1. The number of pyridine rings is 1. The van der Waals surface area contributed by atoms with E-state index in [0.29, 0.717) is 23.2 Å². The summed E-state index contributed by atoms with van der Waals surface area (Å²) >= 11 is 0. The molecule has 0 bridgehead atoms. The average molecular weight is 440 g/mol. The lowest BCUT2D eigenvalue weighted by Crippen LogP contribution is -2.55. The molecule has 1 atom stereocenters. The number of likely N-dealkylation sites (tertiary alicyclic amines) is 1. The van der Waals surface area contributed by atoms with Crippen LogP contribution in [0.2, 0.25) is 0 Å². The van der Waals surface area contributed by atoms with Crippen molar-refractivity contribution < 1.29 is 18.3 Å². The van der Waals surface area contributed by atoms with Gasteiger partial charge in [0, 0.05) is 38.2 Å². The van der Waals surface area contributed by atoms with Crippen LogP contribution in [-0.4, -0.2) is 51.6 Å². The number of para-hydroxylation sites is 1. The number of benzene rings is 1. The zero-order valence-electron chi connectivity index (χ0n) is 17.1. The highest BCUT2D eigenvalue weighted by molar-refractivity contribution is 5.92. The largest absolute Gasteiger partial charge is 0.476 e. The van der Waals surface area contributed by atoms with Crippen molar-refractivity contribution in [2.75, 3.05) is 19.6 Å². The Hall–Kier alpha value is -3.53. The van der Waals surface area contributed by atoms with Gasteiger partial charge >= 0.3 is 0 Å². The summed E-state index contributed by atoms with van der Waals surface area (Å²) in [6.45, 7) is 2.42. The lowest BCUT2D eigenvalue weighted by molar-refractivity contribution is -0.118. The predicted molar refractivity (Wildman–Crippen MR) is 112 cm³/mol. The van der Waals surface area contributed by atoms with Crippen molar-refractivity contribution in [2.45, 2.75) is 19.2 Å². The average Bonchev–Trinajstić information content (AvgIpc) is 3.40. The number of hydrogen-bond donors (Lipinski definition) is 3. The maximum absolute atomic E-state index is 13.8. The fourth-order valence-electron chi connectivity index (χ4n) is 3.93. The Kier molecular flexibility index (Phi) is 5.44. The summed E-state index contributed by atoms with van der Waals surface area (Å²) in [6.07, 6.45) is 3.29. The highest BCUT2D eigenvalue weighted by atomic mass is 19.1. The van der Waals surface area contributed by atoms with E-state index in [-0.39, 0.29) is 36.1 Å². The molecule has 8 nitrogen and oxygen atoms in total. The van der Waals surface area contributed by atoms with Gasteiger partial charge in [0.1, 0.15) is 29.1 Å². The molecule has 2 aromatic heterocycles. The minimum atomic E-state index is -0.461. The number of halogens is 2. The number of carbonyl (C=O) groups excluding carboxylic acids is 1. The molecule has 2 aliphatic rings. The monoisotopic (exact) mass is 440 g/mol. The van der Waals surface area contributed by atoms with E-state index in [9.17, 15) is 13.6 Å². The van der Waals surface area contributed by atoms with Crippen molar-refractivity contribution >= 4 is 16.9 Å². The topological polar surface area (TPSA) is 95.2 Å². The molecule has 1 amide bonds. The molecule has 3 N–H and O–H groups in total. The first kappa shape index (κ1) is 20.4. The number of ether oxygens (including phenoxy) is 1. The van der Waals surface area contributed by atoms with Crippen LogP contribution >= 0.6 is 0 Å². The zero-order valence-corrected chi connectivity index (χ0v) is 17.1. The quantitative estimate of drug-likeness (QED) is 0.519. The van der Waals surface area contributed by atoms with E-state index < -0.39 is 5.82 Å². The lowest BCUT2D eigenvalue weighted by Gasteiger charge is -2.41. The molecule has 5 rings (SSSR count). The molecule has 10 heteroatoms. The number of nitrogens with one attached hydrogen (secondary N) is 3. The number of aromatic amines is 1. The molecule has 1 saturated heterocycles. The fourth-order valence-corrected chi connectivity index (χ4v) is 3.93. The Morgan fingerprint density at radius 2 is 2.06 bits per heavy atom. The maximum atomic E-state index is 13.8. The summed E-state index contributed by atoms with van der Waals surface area (Å²) in [5, 5.41) is 5.73. The standard InChI is InChI=1S/C22H22F2N6O2/c23-14-4-2-7-25-17(14)9-26-21(31)18-12-32-22(28-18)13-10-30(11-13)8-6-19-27-16-5-1-3-15(24)20(16)29-19/h1-5,7,12-13,22,28H,6,8-11H2,(H,26,31)(H,27,29). The van der Waals surface area contributed by atoms with Crippen molar-refractivity contribution in [3.8, 4) is 0 Å². The molecule has 0 radical (unpaired) electrons. The van der Waals surface area contributed by atoms with Crippen LogP contribution < -0.4 is 10.6 Å². The number of carbonyl (C=O) groups is 1. The minimum absolute atomic E-state index is 0.00190. The number of amides is 1. The van der Waals surface area contributed by atoms with E-state index in [4.69, 9.17) is 4.74 Å². The SMILES string of the molecule is O=C(NCc1ncccc1F)C1=COC(C2CN(CCc3nc4c(F)cccc4[nH]3)C2)N1. The van der Waals surface area contributed by atoms with Gasteiger partial charge in [0.25, 0.3) is 5.91 Å². The Morgan fingerprint density at radius 3 is 2.88 bits per heavy atom.